The molecule has 1 N–H and O–H groups in total. The average molecular weight is 273 g/mol. The molecule has 2 unspecified atom stereocenters. The van der Waals surface area contributed by atoms with Gasteiger partial charge in [-0.2, -0.15) is 4.98 Å². The lowest BCUT2D eigenvalue weighted by molar-refractivity contribution is -0.384. The second-order valence-corrected chi connectivity index (χ2v) is 4.48. The van der Waals surface area contributed by atoms with Gasteiger partial charge in [0, 0.05) is 13.2 Å². The maximum absolute atomic E-state index is 10.8. The molecule has 0 aromatic carbocycles. The van der Waals surface area contributed by atoms with Crippen LogP contribution in [0, 0.1) is 10.1 Å². The van der Waals surface area contributed by atoms with Crippen molar-refractivity contribution in [2.24, 2.45) is 0 Å². The van der Waals surface area contributed by atoms with Crippen LogP contribution in [0.2, 0.25) is 5.28 Å². The molecular weight excluding hydrogens is 260 g/mol. The summed E-state index contributed by atoms with van der Waals surface area (Å²) in [6.45, 7) is 0. The molecular formula is C10H13ClN4O3. The number of ether oxygens (including phenoxy) is 1. The Balaban J connectivity index is 2.13. The van der Waals surface area contributed by atoms with E-state index in [9.17, 15) is 10.1 Å². The first-order valence-corrected chi connectivity index (χ1v) is 5.94. The fourth-order valence-electron chi connectivity index (χ4n) is 2.07. The molecule has 1 aliphatic rings. The van der Waals surface area contributed by atoms with E-state index in [0.29, 0.717) is 0 Å². The first-order valence-electron chi connectivity index (χ1n) is 5.56. The molecule has 8 heteroatoms. The summed E-state index contributed by atoms with van der Waals surface area (Å²) < 4.78 is 5.25. The quantitative estimate of drug-likeness (QED) is 0.512. The van der Waals surface area contributed by atoms with E-state index in [1.165, 1.54) is 0 Å². The lowest BCUT2D eigenvalue weighted by Gasteiger charge is -2.13. The number of methoxy groups -OCH3 is 1. The van der Waals surface area contributed by atoms with Gasteiger partial charge in [-0.25, -0.2) is 4.98 Å². The van der Waals surface area contributed by atoms with Crippen molar-refractivity contribution in [2.75, 3.05) is 12.4 Å². The first-order chi connectivity index (χ1) is 8.60. The Bertz CT molecular complexity index is 457. The molecule has 7 nitrogen and oxygen atoms in total. The van der Waals surface area contributed by atoms with Gasteiger partial charge in [0.05, 0.1) is 11.0 Å². The highest BCUT2D eigenvalue weighted by Crippen LogP contribution is 2.28. The molecule has 0 saturated heterocycles. The number of anilines is 1. The Morgan fingerprint density at radius 2 is 2.39 bits per heavy atom. The largest absolute Gasteiger partial charge is 0.381 e. The van der Waals surface area contributed by atoms with Crippen LogP contribution in [0.4, 0.5) is 11.5 Å². The number of halogens is 1. The van der Waals surface area contributed by atoms with Crippen LogP contribution in [-0.4, -0.2) is 34.1 Å². The topological polar surface area (TPSA) is 90.2 Å². The lowest BCUT2D eigenvalue weighted by atomic mass is 10.2. The summed E-state index contributed by atoms with van der Waals surface area (Å²) in [4.78, 5) is 17.8. The summed E-state index contributed by atoms with van der Waals surface area (Å²) in [5.41, 5.74) is -0.166. The second kappa shape index (κ2) is 5.45. The molecule has 0 bridgehead atoms. The van der Waals surface area contributed by atoms with Crippen molar-refractivity contribution >= 4 is 23.1 Å². The molecule has 1 aromatic heterocycles. The van der Waals surface area contributed by atoms with Crippen LogP contribution in [0.1, 0.15) is 19.3 Å². The summed E-state index contributed by atoms with van der Waals surface area (Å²) in [7, 11) is 1.66. The smallest absolute Gasteiger partial charge is 0.329 e. The van der Waals surface area contributed by atoms with Crippen molar-refractivity contribution in [3.63, 3.8) is 0 Å². The summed E-state index contributed by atoms with van der Waals surface area (Å²) >= 11 is 5.65. The van der Waals surface area contributed by atoms with Gasteiger partial charge in [0.15, 0.2) is 0 Å². The van der Waals surface area contributed by atoms with Gasteiger partial charge in [0.1, 0.15) is 6.20 Å². The van der Waals surface area contributed by atoms with E-state index in [1.807, 2.05) is 0 Å². The highest BCUT2D eigenvalue weighted by molar-refractivity contribution is 6.28. The van der Waals surface area contributed by atoms with Gasteiger partial charge >= 0.3 is 5.69 Å². The lowest BCUT2D eigenvalue weighted by Crippen LogP contribution is -2.19. The van der Waals surface area contributed by atoms with Crippen molar-refractivity contribution in [1.29, 1.82) is 0 Å². The molecule has 1 aromatic rings. The van der Waals surface area contributed by atoms with Crippen molar-refractivity contribution in [1.82, 2.24) is 9.97 Å². The third kappa shape index (κ3) is 2.85. The molecule has 2 atom stereocenters. The van der Waals surface area contributed by atoms with Gasteiger partial charge < -0.3 is 10.1 Å². The van der Waals surface area contributed by atoms with Crippen LogP contribution < -0.4 is 5.32 Å². The van der Waals surface area contributed by atoms with E-state index in [4.69, 9.17) is 16.3 Å². The van der Waals surface area contributed by atoms with E-state index < -0.39 is 4.92 Å². The third-order valence-electron chi connectivity index (χ3n) is 3.00. The average Bonchev–Trinajstić information content (AvgIpc) is 2.76. The monoisotopic (exact) mass is 272 g/mol. The Morgan fingerprint density at radius 1 is 1.61 bits per heavy atom. The van der Waals surface area contributed by atoms with Crippen LogP contribution in [0.25, 0.3) is 0 Å². The van der Waals surface area contributed by atoms with E-state index in [-0.39, 0.29) is 28.9 Å². The zero-order chi connectivity index (χ0) is 13.1. The number of nitrogens with zero attached hydrogens (tertiary/aromatic N) is 3. The predicted octanol–water partition coefficient (Wildman–Crippen LogP) is 2.02. The van der Waals surface area contributed by atoms with Crippen LogP contribution in [0.3, 0.4) is 0 Å². The number of rotatable bonds is 4. The highest BCUT2D eigenvalue weighted by atomic mass is 35.5. The van der Waals surface area contributed by atoms with Gasteiger partial charge in [0.25, 0.3) is 0 Å². The fraction of sp³-hybridized carbons (Fsp3) is 0.600. The maximum atomic E-state index is 10.8. The Hall–Kier alpha value is -1.47. The van der Waals surface area contributed by atoms with Gasteiger partial charge in [-0.15, -0.1) is 0 Å². The van der Waals surface area contributed by atoms with Gasteiger partial charge in [-0.05, 0) is 30.9 Å². The highest BCUT2D eigenvalue weighted by Gasteiger charge is 2.27. The Labute approximate surface area is 109 Å². The normalized spacial score (nSPS) is 23.0. The minimum absolute atomic E-state index is 0.00983. The van der Waals surface area contributed by atoms with E-state index in [1.54, 1.807) is 7.11 Å². The summed E-state index contributed by atoms with van der Waals surface area (Å²) in [5.74, 6) is 0.168. The molecule has 1 fully saturated rings. The molecule has 2 rings (SSSR count). The van der Waals surface area contributed by atoms with Crippen molar-refractivity contribution in [2.45, 2.75) is 31.4 Å². The molecule has 1 saturated carbocycles. The third-order valence-corrected chi connectivity index (χ3v) is 3.18. The molecule has 1 aliphatic carbocycles. The SMILES string of the molecule is COC1CCC(Nc2nc(Cl)ncc2[N+](=O)[O-])C1. The summed E-state index contributed by atoms with van der Waals surface area (Å²) in [6.07, 6.45) is 3.92. The van der Waals surface area contributed by atoms with Gasteiger partial charge in [-0.3, -0.25) is 10.1 Å². The van der Waals surface area contributed by atoms with Crippen LogP contribution >= 0.6 is 11.6 Å². The standard InChI is InChI=1S/C10H13ClN4O3/c1-18-7-3-2-6(4-7)13-9-8(15(16)17)5-12-10(11)14-9/h5-7H,2-4H2,1H3,(H,12,13,14). The number of nitro groups is 1. The number of hydrogen-bond donors (Lipinski definition) is 1. The molecule has 98 valence electrons. The van der Waals surface area contributed by atoms with Crippen molar-refractivity contribution < 1.29 is 9.66 Å². The van der Waals surface area contributed by atoms with Crippen molar-refractivity contribution in [3.8, 4) is 0 Å². The molecule has 0 amide bonds. The van der Waals surface area contributed by atoms with E-state index in [0.717, 1.165) is 25.5 Å². The molecule has 1 heterocycles. The molecule has 0 radical (unpaired) electrons. The van der Waals surface area contributed by atoms with Crippen molar-refractivity contribution in [3.05, 3.63) is 21.6 Å². The van der Waals surface area contributed by atoms with Gasteiger partial charge in [0.2, 0.25) is 11.1 Å². The number of aromatic nitrogens is 2. The predicted molar refractivity (Wildman–Crippen MR) is 65.8 cm³/mol. The second-order valence-electron chi connectivity index (χ2n) is 4.14. The van der Waals surface area contributed by atoms with E-state index >= 15 is 0 Å². The van der Waals surface area contributed by atoms with Crippen LogP contribution in [0.5, 0.6) is 0 Å². The Morgan fingerprint density at radius 3 is 3.00 bits per heavy atom. The van der Waals surface area contributed by atoms with Gasteiger partial charge in [-0.1, -0.05) is 0 Å². The summed E-state index contributed by atoms with van der Waals surface area (Å²) in [6, 6.07) is 0.111. The molecule has 18 heavy (non-hydrogen) atoms. The Kier molecular flexibility index (Phi) is 3.93. The van der Waals surface area contributed by atoms with E-state index in [2.05, 4.69) is 15.3 Å². The number of hydrogen-bond acceptors (Lipinski definition) is 6. The maximum Gasteiger partial charge on any atom is 0.329 e. The van der Waals surface area contributed by atoms with Crippen LogP contribution in [0.15, 0.2) is 6.20 Å². The fourth-order valence-corrected chi connectivity index (χ4v) is 2.21. The summed E-state index contributed by atoms with van der Waals surface area (Å²) in [5, 5.41) is 13.9. The molecule has 0 spiro atoms. The molecule has 0 aliphatic heterocycles. The number of nitrogens with one attached hydrogen (secondary N) is 1. The first kappa shape index (κ1) is 13.0. The minimum Gasteiger partial charge on any atom is -0.381 e. The van der Waals surface area contributed by atoms with Crippen LogP contribution in [-0.2, 0) is 4.74 Å². The minimum atomic E-state index is -0.526. The zero-order valence-electron chi connectivity index (χ0n) is 9.80. The zero-order valence-corrected chi connectivity index (χ0v) is 10.6.